The van der Waals surface area contributed by atoms with E-state index in [1.54, 1.807) is 18.5 Å². The molecule has 0 bridgehead atoms. The molecular weight excluding hydrogens is 358 g/mol. The molecule has 3 rings (SSSR count). The predicted molar refractivity (Wildman–Crippen MR) is 107 cm³/mol. The number of nitrogens with zero attached hydrogens (tertiary/aromatic N) is 4. The lowest BCUT2D eigenvalue weighted by atomic mass is 10.1. The maximum atomic E-state index is 12.3. The van der Waals surface area contributed by atoms with Crippen LogP contribution in [0.2, 0.25) is 0 Å². The smallest absolute Gasteiger partial charge is 0.230 e. The zero-order chi connectivity index (χ0) is 19.1. The molecule has 0 unspecified atom stereocenters. The predicted octanol–water partition coefficient (Wildman–Crippen LogP) is 3.50. The molecule has 0 saturated carbocycles. The number of nitrogens with one attached hydrogen (secondary N) is 1. The number of carbonyl (C=O) groups excluding carboxylic acids is 1. The fraction of sp³-hybridized carbons (Fsp3) is 0.200. The zero-order valence-electron chi connectivity index (χ0n) is 15.1. The van der Waals surface area contributed by atoms with E-state index < -0.39 is 0 Å². The lowest BCUT2D eigenvalue weighted by Crippen LogP contribution is -2.28. The molecule has 2 aromatic heterocycles. The molecule has 0 saturated heterocycles. The molecule has 1 atom stereocenters. The number of rotatable bonds is 8. The molecule has 2 heterocycles. The average molecular weight is 379 g/mol. The summed E-state index contributed by atoms with van der Waals surface area (Å²) in [5.74, 6) is 0.954. The van der Waals surface area contributed by atoms with E-state index in [1.165, 1.54) is 11.8 Å². The Labute approximate surface area is 162 Å². The van der Waals surface area contributed by atoms with E-state index in [9.17, 15) is 4.79 Å². The van der Waals surface area contributed by atoms with Gasteiger partial charge in [0, 0.05) is 24.5 Å². The summed E-state index contributed by atoms with van der Waals surface area (Å²) in [5, 5.41) is 12.2. The molecule has 138 valence electrons. The standard InChI is InChI=1S/C20H21N5OS/c1-3-13-25-19(17-9-11-21-12-10-17)23-24-20(25)27-14-18(26)22-15(2)16-7-5-4-6-8-16/h3-12,15H,1,13-14H2,2H3,(H,22,26)/t15-/m1/s1. The van der Waals surface area contributed by atoms with Gasteiger partial charge in [-0.3, -0.25) is 14.3 Å². The van der Waals surface area contributed by atoms with Crippen LogP contribution in [-0.2, 0) is 11.3 Å². The maximum Gasteiger partial charge on any atom is 0.230 e. The maximum absolute atomic E-state index is 12.3. The van der Waals surface area contributed by atoms with Gasteiger partial charge in [0.2, 0.25) is 5.91 Å². The molecule has 1 aromatic carbocycles. The molecule has 0 aliphatic rings. The summed E-state index contributed by atoms with van der Waals surface area (Å²) in [6.45, 7) is 6.34. The van der Waals surface area contributed by atoms with Gasteiger partial charge in [0.05, 0.1) is 11.8 Å². The normalized spacial score (nSPS) is 11.7. The third-order valence-electron chi connectivity index (χ3n) is 3.98. The van der Waals surface area contributed by atoms with Crippen LogP contribution in [0.5, 0.6) is 0 Å². The van der Waals surface area contributed by atoms with Crippen molar-refractivity contribution < 1.29 is 4.79 Å². The number of thioether (sulfide) groups is 1. The monoisotopic (exact) mass is 379 g/mol. The molecule has 7 heteroatoms. The molecular formula is C20H21N5OS. The van der Waals surface area contributed by atoms with E-state index in [1.807, 2.05) is 54.0 Å². The summed E-state index contributed by atoms with van der Waals surface area (Å²) in [6, 6.07) is 13.6. The van der Waals surface area contributed by atoms with Gasteiger partial charge in [-0.25, -0.2) is 0 Å². The highest BCUT2D eigenvalue weighted by Crippen LogP contribution is 2.23. The number of benzene rings is 1. The summed E-state index contributed by atoms with van der Waals surface area (Å²) in [5.41, 5.74) is 2.00. The number of allylic oxidation sites excluding steroid dienone is 1. The lowest BCUT2D eigenvalue weighted by Gasteiger charge is -2.14. The molecule has 0 aliphatic carbocycles. The van der Waals surface area contributed by atoms with Crippen molar-refractivity contribution in [2.45, 2.75) is 24.7 Å². The first-order chi connectivity index (χ1) is 13.2. The molecule has 0 radical (unpaired) electrons. The van der Waals surface area contributed by atoms with Crippen LogP contribution in [0.3, 0.4) is 0 Å². The van der Waals surface area contributed by atoms with Crippen LogP contribution in [-0.4, -0.2) is 31.4 Å². The second kappa shape index (κ2) is 9.14. The van der Waals surface area contributed by atoms with Crippen molar-refractivity contribution >= 4 is 17.7 Å². The van der Waals surface area contributed by atoms with Crippen molar-refractivity contribution in [3.63, 3.8) is 0 Å². The third kappa shape index (κ3) is 4.83. The van der Waals surface area contributed by atoms with Gasteiger partial charge in [0.15, 0.2) is 11.0 Å². The number of amides is 1. The van der Waals surface area contributed by atoms with Gasteiger partial charge in [0.1, 0.15) is 0 Å². The topological polar surface area (TPSA) is 72.7 Å². The Balaban J connectivity index is 1.66. The number of aromatic nitrogens is 4. The quantitative estimate of drug-likeness (QED) is 0.479. The fourth-order valence-electron chi connectivity index (χ4n) is 2.64. The van der Waals surface area contributed by atoms with Crippen LogP contribution >= 0.6 is 11.8 Å². The minimum absolute atomic E-state index is 0.0438. The van der Waals surface area contributed by atoms with Gasteiger partial charge >= 0.3 is 0 Å². The van der Waals surface area contributed by atoms with Gasteiger partial charge in [-0.15, -0.1) is 16.8 Å². The minimum atomic E-state index is -0.0463. The minimum Gasteiger partial charge on any atom is -0.349 e. The van der Waals surface area contributed by atoms with E-state index >= 15 is 0 Å². The average Bonchev–Trinajstić information content (AvgIpc) is 3.10. The second-order valence-corrected chi connectivity index (χ2v) is 6.87. The van der Waals surface area contributed by atoms with Crippen LogP contribution in [0.25, 0.3) is 11.4 Å². The molecule has 0 fully saturated rings. The Hall–Kier alpha value is -2.93. The first kappa shape index (κ1) is 18.8. The van der Waals surface area contributed by atoms with Crippen molar-refractivity contribution in [3.05, 3.63) is 73.1 Å². The zero-order valence-corrected chi connectivity index (χ0v) is 15.9. The molecule has 27 heavy (non-hydrogen) atoms. The van der Waals surface area contributed by atoms with Crippen molar-refractivity contribution in [3.8, 4) is 11.4 Å². The SMILES string of the molecule is C=CCn1c(SCC(=O)N[C@H](C)c2ccccc2)nnc1-c1ccncc1. The van der Waals surface area contributed by atoms with Crippen LogP contribution in [0.15, 0.2) is 72.7 Å². The van der Waals surface area contributed by atoms with Gasteiger partial charge in [-0.05, 0) is 24.6 Å². The number of hydrogen-bond acceptors (Lipinski definition) is 5. The van der Waals surface area contributed by atoms with E-state index in [4.69, 9.17) is 0 Å². The van der Waals surface area contributed by atoms with Crippen LogP contribution in [0.1, 0.15) is 18.5 Å². The Morgan fingerprint density at radius 3 is 2.67 bits per heavy atom. The number of hydrogen-bond donors (Lipinski definition) is 1. The molecule has 1 amide bonds. The highest BCUT2D eigenvalue weighted by molar-refractivity contribution is 7.99. The van der Waals surface area contributed by atoms with Crippen molar-refractivity contribution in [1.82, 2.24) is 25.1 Å². The summed E-state index contributed by atoms with van der Waals surface area (Å²) in [6.07, 6.45) is 5.22. The largest absolute Gasteiger partial charge is 0.349 e. The lowest BCUT2D eigenvalue weighted by molar-refractivity contribution is -0.119. The van der Waals surface area contributed by atoms with Crippen LogP contribution < -0.4 is 5.32 Å². The Kier molecular flexibility index (Phi) is 6.38. The van der Waals surface area contributed by atoms with Gasteiger partial charge < -0.3 is 5.32 Å². The van der Waals surface area contributed by atoms with E-state index in [-0.39, 0.29) is 17.7 Å². The van der Waals surface area contributed by atoms with E-state index in [0.717, 1.165) is 17.0 Å². The Morgan fingerprint density at radius 2 is 1.96 bits per heavy atom. The van der Waals surface area contributed by atoms with Crippen molar-refractivity contribution in [2.24, 2.45) is 0 Å². The van der Waals surface area contributed by atoms with Gasteiger partial charge in [0.25, 0.3) is 0 Å². The van der Waals surface area contributed by atoms with Gasteiger partial charge in [-0.2, -0.15) is 0 Å². The molecule has 0 spiro atoms. The van der Waals surface area contributed by atoms with Crippen molar-refractivity contribution in [1.29, 1.82) is 0 Å². The van der Waals surface area contributed by atoms with Crippen LogP contribution in [0, 0.1) is 0 Å². The molecule has 1 N–H and O–H groups in total. The first-order valence-corrected chi connectivity index (χ1v) is 9.59. The molecule has 3 aromatic rings. The molecule has 6 nitrogen and oxygen atoms in total. The fourth-order valence-corrected chi connectivity index (χ4v) is 3.40. The summed E-state index contributed by atoms with van der Waals surface area (Å²) < 4.78 is 1.95. The summed E-state index contributed by atoms with van der Waals surface area (Å²) >= 11 is 1.36. The highest BCUT2D eigenvalue weighted by Gasteiger charge is 2.16. The van der Waals surface area contributed by atoms with Crippen molar-refractivity contribution in [2.75, 3.05) is 5.75 Å². The first-order valence-electron chi connectivity index (χ1n) is 8.60. The van der Waals surface area contributed by atoms with Gasteiger partial charge in [-0.1, -0.05) is 48.2 Å². The third-order valence-corrected chi connectivity index (χ3v) is 4.94. The van der Waals surface area contributed by atoms with E-state index in [2.05, 4.69) is 27.1 Å². The van der Waals surface area contributed by atoms with Crippen LogP contribution in [0.4, 0.5) is 0 Å². The second-order valence-electron chi connectivity index (χ2n) is 5.93. The molecule has 0 aliphatic heterocycles. The summed E-state index contributed by atoms with van der Waals surface area (Å²) in [4.78, 5) is 16.4. The number of carbonyl (C=O) groups is 1. The van der Waals surface area contributed by atoms with E-state index in [0.29, 0.717) is 11.7 Å². The highest BCUT2D eigenvalue weighted by atomic mass is 32.2. The number of pyridine rings is 1. The summed E-state index contributed by atoms with van der Waals surface area (Å²) in [7, 11) is 0. The Bertz CT molecular complexity index is 895. The Morgan fingerprint density at radius 1 is 1.22 bits per heavy atom.